The Morgan fingerprint density at radius 1 is 1.25 bits per heavy atom. The van der Waals surface area contributed by atoms with Crippen molar-refractivity contribution in [3.05, 3.63) is 53.6 Å². The minimum absolute atomic E-state index is 0.120. The van der Waals surface area contributed by atoms with Gasteiger partial charge in [0.05, 0.1) is 17.9 Å². The summed E-state index contributed by atoms with van der Waals surface area (Å²) in [4.78, 5) is 14.6. The third-order valence-electron chi connectivity index (χ3n) is 4.25. The zero-order valence-electron chi connectivity index (χ0n) is 13.2. The monoisotopic (exact) mass is 324 g/mol. The Balaban J connectivity index is 1.60. The second-order valence-corrected chi connectivity index (χ2v) is 5.78. The van der Waals surface area contributed by atoms with Crippen LogP contribution in [0.3, 0.4) is 0 Å². The summed E-state index contributed by atoms with van der Waals surface area (Å²) in [6.07, 6.45) is 3.41. The fraction of sp³-hybridized carbons (Fsp3) is 0.312. The SMILES string of the molecule is Cc1nonc1[C@H]1CCCN1C(=O)c1cn(-c2ccccc2)nn1. The molecule has 1 aromatic carbocycles. The van der Waals surface area contributed by atoms with Crippen molar-refractivity contribution in [2.45, 2.75) is 25.8 Å². The molecule has 4 rings (SSSR count). The van der Waals surface area contributed by atoms with Gasteiger partial charge in [0.2, 0.25) is 0 Å². The van der Waals surface area contributed by atoms with Gasteiger partial charge in [-0.3, -0.25) is 4.79 Å². The van der Waals surface area contributed by atoms with E-state index in [0.29, 0.717) is 17.9 Å². The molecule has 0 aliphatic carbocycles. The molecule has 0 spiro atoms. The topological polar surface area (TPSA) is 89.9 Å². The number of carbonyl (C=O) groups is 1. The van der Waals surface area contributed by atoms with Crippen LogP contribution in [0, 0.1) is 6.92 Å². The average molecular weight is 324 g/mol. The number of likely N-dealkylation sites (tertiary alicyclic amines) is 1. The van der Waals surface area contributed by atoms with E-state index in [4.69, 9.17) is 4.63 Å². The molecule has 1 fully saturated rings. The van der Waals surface area contributed by atoms with Crippen LogP contribution >= 0.6 is 0 Å². The first-order valence-corrected chi connectivity index (χ1v) is 7.82. The maximum atomic E-state index is 12.8. The molecule has 1 amide bonds. The first-order valence-electron chi connectivity index (χ1n) is 7.82. The fourth-order valence-corrected chi connectivity index (χ4v) is 3.05. The van der Waals surface area contributed by atoms with Gasteiger partial charge < -0.3 is 4.90 Å². The minimum atomic E-state index is -0.151. The average Bonchev–Trinajstić information content (AvgIpc) is 3.35. The Morgan fingerprint density at radius 2 is 2.08 bits per heavy atom. The van der Waals surface area contributed by atoms with Gasteiger partial charge >= 0.3 is 0 Å². The van der Waals surface area contributed by atoms with Crippen LogP contribution in [-0.4, -0.2) is 42.7 Å². The third-order valence-corrected chi connectivity index (χ3v) is 4.25. The predicted octanol–water partition coefficient (Wildman–Crippen LogP) is 1.94. The molecule has 3 aromatic rings. The van der Waals surface area contributed by atoms with Gasteiger partial charge in [0.1, 0.15) is 11.4 Å². The van der Waals surface area contributed by atoms with Gasteiger partial charge in [-0.15, -0.1) is 5.10 Å². The summed E-state index contributed by atoms with van der Waals surface area (Å²) < 4.78 is 6.38. The van der Waals surface area contributed by atoms with Crippen molar-refractivity contribution in [3.63, 3.8) is 0 Å². The number of hydrogen-bond donors (Lipinski definition) is 0. The van der Waals surface area contributed by atoms with Crippen molar-refractivity contribution in [1.82, 2.24) is 30.2 Å². The first-order chi connectivity index (χ1) is 11.7. The van der Waals surface area contributed by atoms with Crippen molar-refractivity contribution in [2.75, 3.05) is 6.54 Å². The summed E-state index contributed by atoms with van der Waals surface area (Å²) in [5, 5.41) is 15.9. The molecule has 0 unspecified atom stereocenters. The van der Waals surface area contributed by atoms with Crippen LogP contribution < -0.4 is 0 Å². The maximum absolute atomic E-state index is 12.8. The van der Waals surface area contributed by atoms with E-state index in [-0.39, 0.29) is 11.9 Å². The highest BCUT2D eigenvalue weighted by molar-refractivity contribution is 5.92. The number of benzene rings is 1. The summed E-state index contributed by atoms with van der Waals surface area (Å²) >= 11 is 0. The molecule has 8 heteroatoms. The number of nitrogens with zero attached hydrogens (tertiary/aromatic N) is 6. The number of amides is 1. The zero-order valence-corrected chi connectivity index (χ0v) is 13.2. The third kappa shape index (κ3) is 2.45. The predicted molar refractivity (Wildman–Crippen MR) is 83.4 cm³/mol. The zero-order chi connectivity index (χ0) is 16.5. The standard InChI is InChI=1S/C16H16N6O2/c1-11-15(19-24-18-11)14-8-5-9-21(14)16(23)13-10-22(20-17-13)12-6-3-2-4-7-12/h2-4,6-7,10,14H,5,8-9H2,1H3/t14-/m1/s1. The molecule has 1 aliphatic heterocycles. The van der Waals surface area contributed by atoms with Gasteiger partial charge in [0.25, 0.3) is 5.91 Å². The van der Waals surface area contributed by atoms with Crippen LogP contribution in [0.5, 0.6) is 0 Å². The number of carbonyl (C=O) groups excluding carboxylic acids is 1. The Hall–Kier alpha value is -3.03. The van der Waals surface area contributed by atoms with E-state index < -0.39 is 0 Å². The second kappa shape index (κ2) is 5.88. The molecular formula is C16H16N6O2. The molecule has 122 valence electrons. The maximum Gasteiger partial charge on any atom is 0.276 e. The quantitative estimate of drug-likeness (QED) is 0.731. The summed E-state index contributed by atoms with van der Waals surface area (Å²) in [5.74, 6) is -0.151. The highest BCUT2D eigenvalue weighted by Crippen LogP contribution is 2.33. The molecule has 0 saturated carbocycles. The molecular weight excluding hydrogens is 308 g/mol. The van der Waals surface area contributed by atoms with E-state index in [2.05, 4.69) is 20.6 Å². The van der Waals surface area contributed by atoms with E-state index in [1.807, 2.05) is 37.3 Å². The van der Waals surface area contributed by atoms with Crippen LogP contribution in [0.4, 0.5) is 0 Å². The lowest BCUT2D eigenvalue weighted by Gasteiger charge is -2.21. The lowest BCUT2D eigenvalue weighted by molar-refractivity contribution is 0.0724. The smallest absolute Gasteiger partial charge is 0.276 e. The van der Waals surface area contributed by atoms with Crippen LogP contribution in [0.2, 0.25) is 0 Å². The van der Waals surface area contributed by atoms with Gasteiger partial charge in [0.15, 0.2) is 5.69 Å². The lowest BCUT2D eigenvalue weighted by atomic mass is 10.1. The van der Waals surface area contributed by atoms with Crippen molar-refractivity contribution in [1.29, 1.82) is 0 Å². The van der Waals surface area contributed by atoms with Crippen molar-refractivity contribution in [3.8, 4) is 5.69 Å². The van der Waals surface area contributed by atoms with Crippen LogP contribution in [0.15, 0.2) is 41.2 Å². The van der Waals surface area contributed by atoms with Gasteiger partial charge in [-0.2, -0.15) is 0 Å². The van der Waals surface area contributed by atoms with E-state index in [9.17, 15) is 4.79 Å². The van der Waals surface area contributed by atoms with Crippen LogP contribution in [-0.2, 0) is 0 Å². The molecule has 1 atom stereocenters. The molecule has 1 aliphatic rings. The molecule has 0 radical (unpaired) electrons. The van der Waals surface area contributed by atoms with Crippen LogP contribution in [0.1, 0.15) is 40.8 Å². The summed E-state index contributed by atoms with van der Waals surface area (Å²) in [7, 11) is 0. The Labute approximate surface area is 138 Å². The minimum Gasteiger partial charge on any atom is -0.328 e. The molecule has 3 heterocycles. The fourth-order valence-electron chi connectivity index (χ4n) is 3.05. The molecule has 1 saturated heterocycles. The van der Waals surface area contributed by atoms with Gasteiger partial charge in [-0.1, -0.05) is 33.7 Å². The van der Waals surface area contributed by atoms with Crippen molar-refractivity contribution in [2.24, 2.45) is 0 Å². The number of rotatable bonds is 3. The summed E-state index contributed by atoms with van der Waals surface area (Å²) in [6, 6.07) is 9.45. The Bertz CT molecular complexity index is 856. The largest absolute Gasteiger partial charge is 0.328 e. The highest BCUT2D eigenvalue weighted by atomic mass is 16.6. The number of para-hydroxylation sites is 1. The van der Waals surface area contributed by atoms with Crippen LogP contribution in [0.25, 0.3) is 5.69 Å². The molecule has 0 N–H and O–H groups in total. The van der Waals surface area contributed by atoms with E-state index >= 15 is 0 Å². The van der Waals surface area contributed by atoms with E-state index in [0.717, 1.165) is 24.2 Å². The molecule has 2 aromatic heterocycles. The van der Waals surface area contributed by atoms with E-state index in [1.165, 1.54) is 0 Å². The van der Waals surface area contributed by atoms with E-state index in [1.54, 1.807) is 15.8 Å². The van der Waals surface area contributed by atoms with Gasteiger partial charge in [-0.05, 0) is 31.9 Å². The summed E-state index contributed by atoms with van der Waals surface area (Å²) in [5.41, 5.74) is 2.61. The van der Waals surface area contributed by atoms with Crippen molar-refractivity contribution >= 4 is 5.91 Å². The molecule has 8 nitrogen and oxygen atoms in total. The number of aromatic nitrogens is 5. The lowest BCUT2D eigenvalue weighted by Crippen LogP contribution is -2.31. The van der Waals surface area contributed by atoms with Gasteiger partial charge in [0, 0.05) is 6.54 Å². The first kappa shape index (κ1) is 14.6. The Morgan fingerprint density at radius 3 is 2.83 bits per heavy atom. The van der Waals surface area contributed by atoms with Gasteiger partial charge in [-0.25, -0.2) is 9.31 Å². The normalized spacial score (nSPS) is 17.4. The molecule has 24 heavy (non-hydrogen) atoms. The highest BCUT2D eigenvalue weighted by Gasteiger charge is 2.35. The Kier molecular flexibility index (Phi) is 3.56. The van der Waals surface area contributed by atoms with Crippen molar-refractivity contribution < 1.29 is 9.42 Å². The number of hydrogen-bond acceptors (Lipinski definition) is 6. The number of aryl methyl sites for hydroxylation is 1. The molecule has 0 bridgehead atoms. The second-order valence-electron chi connectivity index (χ2n) is 5.78. The summed E-state index contributed by atoms with van der Waals surface area (Å²) in [6.45, 7) is 2.49.